The highest BCUT2D eigenvalue weighted by Gasteiger charge is 2.27. The van der Waals surface area contributed by atoms with Gasteiger partial charge in [0.25, 0.3) is 0 Å². The maximum Gasteiger partial charge on any atom is 0.124 e. The maximum atomic E-state index is 4.42. The summed E-state index contributed by atoms with van der Waals surface area (Å²) < 4.78 is 2.11. The van der Waals surface area contributed by atoms with E-state index in [0.717, 1.165) is 32.0 Å². The summed E-state index contributed by atoms with van der Waals surface area (Å²) in [5.74, 6) is 1.15. The fourth-order valence-electron chi connectivity index (χ4n) is 2.75. The minimum atomic E-state index is 0.227. The zero-order chi connectivity index (χ0) is 12.4. The van der Waals surface area contributed by atoms with Gasteiger partial charge in [-0.1, -0.05) is 6.42 Å². The van der Waals surface area contributed by atoms with Crippen LogP contribution in [0.2, 0.25) is 0 Å². The summed E-state index contributed by atoms with van der Waals surface area (Å²) in [6.07, 6.45) is 5.77. The molecule has 3 N–H and O–H groups in total. The van der Waals surface area contributed by atoms with E-state index in [-0.39, 0.29) is 5.54 Å². The number of hydrogen-bond donors (Lipinski definition) is 3. The molecule has 0 amide bonds. The van der Waals surface area contributed by atoms with Gasteiger partial charge in [-0.2, -0.15) is 5.10 Å². The van der Waals surface area contributed by atoms with E-state index < -0.39 is 0 Å². The lowest BCUT2D eigenvalue weighted by molar-refractivity contribution is 0.290. The first kappa shape index (κ1) is 12.0. The summed E-state index contributed by atoms with van der Waals surface area (Å²) >= 11 is 0. The van der Waals surface area contributed by atoms with Crippen LogP contribution in [0.25, 0.3) is 0 Å². The van der Waals surface area contributed by atoms with Gasteiger partial charge in [0.05, 0.1) is 12.2 Å². The second-order valence-electron chi connectivity index (χ2n) is 5.77. The van der Waals surface area contributed by atoms with E-state index in [1.165, 1.54) is 19.3 Å². The van der Waals surface area contributed by atoms with Gasteiger partial charge in [-0.3, -0.25) is 0 Å². The van der Waals surface area contributed by atoms with Gasteiger partial charge in [0.2, 0.25) is 0 Å². The van der Waals surface area contributed by atoms with Crippen molar-refractivity contribution in [3.63, 3.8) is 0 Å². The van der Waals surface area contributed by atoms with Crippen molar-refractivity contribution in [3.8, 4) is 0 Å². The fraction of sp³-hybridized carbons (Fsp3) is 0.769. The van der Waals surface area contributed by atoms with Crippen molar-refractivity contribution in [2.45, 2.75) is 37.8 Å². The van der Waals surface area contributed by atoms with Crippen LogP contribution >= 0.6 is 0 Å². The van der Waals surface area contributed by atoms with Crippen LogP contribution in [0, 0.1) is 0 Å². The fourth-order valence-corrected chi connectivity index (χ4v) is 2.75. The first-order valence-electron chi connectivity index (χ1n) is 7.00. The molecule has 2 aliphatic heterocycles. The van der Waals surface area contributed by atoms with Crippen LogP contribution in [0.4, 0.5) is 5.82 Å². The van der Waals surface area contributed by atoms with E-state index in [0.29, 0.717) is 6.04 Å². The summed E-state index contributed by atoms with van der Waals surface area (Å²) in [6, 6.07) is 2.60. The van der Waals surface area contributed by atoms with Crippen molar-refractivity contribution >= 4 is 5.82 Å². The number of aromatic nitrogens is 2. The van der Waals surface area contributed by atoms with Crippen LogP contribution in [-0.4, -0.2) is 41.5 Å². The number of rotatable bonds is 4. The number of nitrogens with one attached hydrogen (secondary N) is 3. The van der Waals surface area contributed by atoms with E-state index in [2.05, 4.69) is 38.7 Å². The second-order valence-corrected chi connectivity index (χ2v) is 5.77. The molecular weight excluding hydrogens is 226 g/mol. The van der Waals surface area contributed by atoms with Crippen molar-refractivity contribution in [2.75, 3.05) is 31.5 Å². The number of hydrogen-bond acceptors (Lipinski definition) is 4. The van der Waals surface area contributed by atoms with Gasteiger partial charge in [-0.05, 0) is 26.3 Å². The molecule has 2 fully saturated rings. The molecule has 0 aromatic carbocycles. The van der Waals surface area contributed by atoms with Crippen LogP contribution in [0.5, 0.6) is 0 Å². The van der Waals surface area contributed by atoms with E-state index in [1.807, 2.05) is 6.20 Å². The molecule has 1 atom stereocenters. The van der Waals surface area contributed by atoms with Crippen molar-refractivity contribution in [1.82, 2.24) is 20.4 Å². The molecule has 5 nitrogen and oxygen atoms in total. The zero-order valence-electron chi connectivity index (χ0n) is 11.1. The largest absolute Gasteiger partial charge is 0.368 e. The van der Waals surface area contributed by atoms with Crippen molar-refractivity contribution in [1.29, 1.82) is 0 Å². The lowest BCUT2D eigenvalue weighted by Gasteiger charge is -2.36. The number of nitrogens with zero attached hydrogens (tertiary/aromatic N) is 2. The average molecular weight is 249 g/mol. The molecule has 0 radical (unpaired) electrons. The monoisotopic (exact) mass is 249 g/mol. The maximum absolute atomic E-state index is 4.42. The van der Waals surface area contributed by atoms with Gasteiger partial charge < -0.3 is 16.0 Å². The second kappa shape index (κ2) is 4.90. The molecule has 100 valence electrons. The molecule has 3 heterocycles. The highest BCUT2D eigenvalue weighted by Crippen LogP contribution is 2.21. The molecule has 0 spiro atoms. The van der Waals surface area contributed by atoms with Gasteiger partial charge in [0.15, 0.2) is 0 Å². The summed E-state index contributed by atoms with van der Waals surface area (Å²) in [6.45, 7) is 6.49. The molecule has 18 heavy (non-hydrogen) atoms. The molecule has 2 saturated heterocycles. The Balaban J connectivity index is 1.60. The molecule has 5 heteroatoms. The van der Waals surface area contributed by atoms with Crippen molar-refractivity contribution in [3.05, 3.63) is 12.3 Å². The van der Waals surface area contributed by atoms with E-state index in [4.69, 9.17) is 0 Å². The minimum absolute atomic E-state index is 0.227. The average Bonchev–Trinajstić information content (AvgIpc) is 2.74. The van der Waals surface area contributed by atoms with E-state index in [9.17, 15) is 0 Å². The molecule has 0 saturated carbocycles. The predicted molar refractivity (Wildman–Crippen MR) is 72.9 cm³/mol. The van der Waals surface area contributed by atoms with Gasteiger partial charge in [0, 0.05) is 31.2 Å². The molecule has 3 rings (SSSR count). The van der Waals surface area contributed by atoms with Crippen LogP contribution in [0.3, 0.4) is 0 Å². The summed E-state index contributed by atoms with van der Waals surface area (Å²) in [4.78, 5) is 0. The van der Waals surface area contributed by atoms with Crippen LogP contribution in [0.15, 0.2) is 12.3 Å². The molecule has 1 aromatic rings. The van der Waals surface area contributed by atoms with Gasteiger partial charge in [0.1, 0.15) is 5.82 Å². The molecule has 2 aliphatic rings. The topological polar surface area (TPSA) is 53.9 Å². The Hall–Kier alpha value is -1.07. The third kappa shape index (κ3) is 2.37. The number of anilines is 1. The standard InChI is InChI=1S/C13H23N5/c1-13(5-2-3-6-16-13)10-15-12-4-7-17-18(12)11-8-14-9-11/h4,7,11,14-16H,2-3,5-6,8-10H2,1H3. The summed E-state index contributed by atoms with van der Waals surface area (Å²) in [5.41, 5.74) is 0.227. The van der Waals surface area contributed by atoms with Crippen LogP contribution in [0.1, 0.15) is 32.2 Å². The van der Waals surface area contributed by atoms with Gasteiger partial charge in [-0.25, -0.2) is 4.68 Å². The highest BCUT2D eigenvalue weighted by atomic mass is 15.4. The van der Waals surface area contributed by atoms with Gasteiger partial charge in [-0.15, -0.1) is 0 Å². The first-order chi connectivity index (χ1) is 8.77. The quantitative estimate of drug-likeness (QED) is 0.744. The molecule has 0 bridgehead atoms. The summed E-state index contributed by atoms with van der Waals surface area (Å²) in [5, 5.41) is 14.9. The Labute approximate surface area is 108 Å². The van der Waals surface area contributed by atoms with Gasteiger partial charge >= 0.3 is 0 Å². The molecule has 0 aliphatic carbocycles. The lowest BCUT2D eigenvalue weighted by Crippen LogP contribution is -2.51. The third-order valence-corrected chi connectivity index (χ3v) is 4.14. The minimum Gasteiger partial charge on any atom is -0.368 e. The van der Waals surface area contributed by atoms with E-state index in [1.54, 1.807) is 0 Å². The molecular formula is C13H23N5. The van der Waals surface area contributed by atoms with Crippen LogP contribution < -0.4 is 16.0 Å². The van der Waals surface area contributed by atoms with Crippen molar-refractivity contribution in [2.24, 2.45) is 0 Å². The lowest BCUT2D eigenvalue weighted by atomic mass is 9.91. The normalized spacial score (nSPS) is 28.9. The molecule has 1 aromatic heterocycles. The first-order valence-corrected chi connectivity index (χ1v) is 7.00. The summed E-state index contributed by atoms with van der Waals surface area (Å²) in [7, 11) is 0. The Bertz CT molecular complexity index is 390. The Morgan fingerprint density at radius 1 is 1.50 bits per heavy atom. The zero-order valence-corrected chi connectivity index (χ0v) is 11.1. The van der Waals surface area contributed by atoms with Crippen LogP contribution in [-0.2, 0) is 0 Å². The Morgan fingerprint density at radius 2 is 2.39 bits per heavy atom. The smallest absolute Gasteiger partial charge is 0.124 e. The number of piperidine rings is 1. The SMILES string of the molecule is CC1(CNc2ccnn2C2CNC2)CCCCN1. The van der Waals surface area contributed by atoms with Crippen molar-refractivity contribution < 1.29 is 0 Å². The molecule has 1 unspecified atom stereocenters. The predicted octanol–water partition coefficient (Wildman–Crippen LogP) is 0.971. The third-order valence-electron chi connectivity index (χ3n) is 4.14. The Morgan fingerprint density at radius 3 is 3.06 bits per heavy atom. The highest BCUT2D eigenvalue weighted by molar-refractivity contribution is 5.35. The Kier molecular flexibility index (Phi) is 3.26. The van der Waals surface area contributed by atoms with E-state index >= 15 is 0 Å².